The van der Waals surface area contributed by atoms with Gasteiger partial charge in [0.15, 0.2) is 0 Å². The van der Waals surface area contributed by atoms with E-state index >= 15 is 0 Å². The Morgan fingerprint density at radius 3 is 2.10 bits per heavy atom. The van der Waals surface area contributed by atoms with Gasteiger partial charge in [0.2, 0.25) is 17.7 Å². The fraction of sp³-hybridized carbons (Fsp3) is 0.632. The van der Waals surface area contributed by atoms with E-state index in [1.807, 2.05) is 0 Å². The van der Waals surface area contributed by atoms with Crippen LogP contribution in [0.1, 0.15) is 39.8 Å². The summed E-state index contributed by atoms with van der Waals surface area (Å²) in [6.45, 7) is 6.26. The van der Waals surface area contributed by atoms with Crippen molar-refractivity contribution in [3.05, 3.63) is 18.2 Å². The highest BCUT2D eigenvalue weighted by Crippen LogP contribution is 2.10. The van der Waals surface area contributed by atoms with Gasteiger partial charge in [0.25, 0.3) is 0 Å². The van der Waals surface area contributed by atoms with Crippen molar-refractivity contribution in [2.75, 3.05) is 0 Å². The molecule has 31 heavy (non-hydrogen) atoms. The molecule has 6 unspecified atom stereocenters. The van der Waals surface area contributed by atoms with Crippen molar-refractivity contribution in [1.29, 1.82) is 0 Å². The van der Waals surface area contributed by atoms with E-state index in [0.717, 1.165) is 0 Å². The number of aromatic amines is 1. The first-order chi connectivity index (χ1) is 14.5. The van der Waals surface area contributed by atoms with Crippen molar-refractivity contribution in [1.82, 2.24) is 25.9 Å². The standard InChI is InChI=1S/C19H32N6O6/c1-5-9(2)14(24-18(29)15(11(4)26)25-16(27)10(3)20)17(28)23-13(19(30)31)6-12-7-21-8-22-12/h7-11,13-15,26H,5-6,20H2,1-4H3,(H,21,22)(H,23,28)(H,24,29)(H,25,27)(H,30,31). The summed E-state index contributed by atoms with van der Waals surface area (Å²) in [7, 11) is 0. The average Bonchev–Trinajstić information content (AvgIpc) is 3.21. The second-order valence-electron chi connectivity index (χ2n) is 7.57. The lowest BCUT2D eigenvalue weighted by molar-refractivity contribution is -0.142. The van der Waals surface area contributed by atoms with E-state index in [9.17, 15) is 29.4 Å². The van der Waals surface area contributed by atoms with Gasteiger partial charge in [0.05, 0.1) is 18.5 Å². The van der Waals surface area contributed by atoms with Crippen molar-refractivity contribution < 1.29 is 29.4 Å². The molecule has 12 heteroatoms. The van der Waals surface area contributed by atoms with Gasteiger partial charge in [0.1, 0.15) is 18.1 Å². The highest BCUT2D eigenvalue weighted by molar-refractivity contribution is 5.94. The first-order valence-electron chi connectivity index (χ1n) is 10.0. The number of carbonyl (C=O) groups is 4. The number of H-pyrrole nitrogens is 1. The molecular formula is C19H32N6O6. The zero-order valence-electron chi connectivity index (χ0n) is 18.1. The maximum absolute atomic E-state index is 12.9. The molecule has 0 bridgehead atoms. The molecule has 0 saturated heterocycles. The number of carbonyl (C=O) groups excluding carboxylic acids is 3. The van der Waals surface area contributed by atoms with E-state index in [0.29, 0.717) is 12.1 Å². The molecule has 0 spiro atoms. The minimum Gasteiger partial charge on any atom is -0.480 e. The van der Waals surface area contributed by atoms with Crippen LogP contribution >= 0.6 is 0 Å². The molecular weight excluding hydrogens is 408 g/mol. The summed E-state index contributed by atoms with van der Waals surface area (Å²) in [6, 6.07) is -4.57. The lowest BCUT2D eigenvalue weighted by atomic mass is 9.97. The van der Waals surface area contributed by atoms with E-state index in [2.05, 4.69) is 25.9 Å². The number of nitrogens with two attached hydrogens (primary N) is 1. The molecule has 0 fully saturated rings. The van der Waals surface area contributed by atoms with Gasteiger partial charge >= 0.3 is 5.97 Å². The van der Waals surface area contributed by atoms with E-state index in [4.69, 9.17) is 5.73 Å². The normalized spacial score (nSPS) is 16.8. The van der Waals surface area contributed by atoms with Gasteiger partial charge < -0.3 is 36.9 Å². The monoisotopic (exact) mass is 440 g/mol. The maximum atomic E-state index is 12.9. The van der Waals surface area contributed by atoms with Crippen LogP contribution in [0.5, 0.6) is 0 Å². The van der Waals surface area contributed by atoms with Crippen LogP contribution in [0.4, 0.5) is 0 Å². The van der Waals surface area contributed by atoms with Crippen molar-refractivity contribution in [3.8, 4) is 0 Å². The van der Waals surface area contributed by atoms with E-state index in [1.54, 1.807) is 13.8 Å². The number of imidazole rings is 1. The van der Waals surface area contributed by atoms with Crippen molar-refractivity contribution in [3.63, 3.8) is 0 Å². The smallest absolute Gasteiger partial charge is 0.326 e. The number of rotatable bonds is 12. The van der Waals surface area contributed by atoms with Crippen LogP contribution in [0, 0.1) is 5.92 Å². The molecule has 1 rings (SSSR count). The summed E-state index contributed by atoms with van der Waals surface area (Å²) in [5, 5.41) is 26.7. The van der Waals surface area contributed by atoms with Crippen LogP contribution in [-0.2, 0) is 25.6 Å². The summed E-state index contributed by atoms with van der Waals surface area (Å²) in [5.74, 6) is -3.73. The number of carboxylic acids is 1. The Bertz CT molecular complexity index is 751. The van der Waals surface area contributed by atoms with Crippen LogP contribution in [0.25, 0.3) is 0 Å². The number of amides is 3. The molecule has 1 aromatic heterocycles. The topological polar surface area (TPSA) is 200 Å². The number of nitrogens with one attached hydrogen (secondary N) is 4. The largest absolute Gasteiger partial charge is 0.480 e. The van der Waals surface area contributed by atoms with E-state index in [-0.39, 0.29) is 12.3 Å². The third kappa shape index (κ3) is 7.98. The SMILES string of the molecule is CCC(C)C(NC(=O)C(NC(=O)C(C)N)C(C)O)C(=O)NC(Cc1cnc[nH]1)C(=O)O. The Morgan fingerprint density at radius 1 is 1.06 bits per heavy atom. The van der Waals surface area contributed by atoms with Crippen molar-refractivity contribution in [2.24, 2.45) is 11.7 Å². The van der Waals surface area contributed by atoms with Crippen LogP contribution in [0.3, 0.4) is 0 Å². The first kappa shape index (κ1) is 26.0. The Kier molecular flexibility index (Phi) is 10.1. The highest BCUT2D eigenvalue weighted by atomic mass is 16.4. The Balaban J connectivity index is 2.97. The zero-order chi connectivity index (χ0) is 23.7. The number of hydrogen-bond acceptors (Lipinski definition) is 7. The second kappa shape index (κ2) is 12.0. The molecule has 0 saturated carbocycles. The molecule has 174 valence electrons. The molecule has 0 aliphatic heterocycles. The molecule has 0 radical (unpaired) electrons. The molecule has 1 heterocycles. The number of aliphatic hydroxyl groups excluding tert-OH is 1. The van der Waals surface area contributed by atoms with Gasteiger partial charge in [-0.3, -0.25) is 14.4 Å². The number of nitrogens with zero attached hydrogens (tertiary/aromatic N) is 1. The molecule has 1 aromatic rings. The van der Waals surface area contributed by atoms with Crippen LogP contribution in [-0.4, -0.2) is 74.1 Å². The minimum atomic E-state index is -1.34. The molecule has 0 aliphatic rings. The van der Waals surface area contributed by atoms with Crippen LogP contribution in [0.2, 0.25) is 0 Å². The predicted molar refractivity (Wildman–Crippen MR) is 111 cm³/mol. The third-order valence-electron chi connectivity index (χ3n) is 4.86. The summed E-state index contributed by atoms with van der Waals surface area (Å²) < 4.78 is 0. The van der Waals surface area contributed by atoms with E-state index in [1.165, 1.54) is 26.4 Å². The molecule has 0 aliphatic carbocycles. The Hall–Kier alpha value is -2.99. The number of aliphatic hydroxyl groups is 1. The quantitative estimate of drug-likeness (QED) is 0.199. The summed E-state index contributed by atoms with van der Waals surface area (Å²) in [5.41, 5.74) is 6.01. The maximum Gasteiger partial charge on any atom is 0.326 e. The molecule has 3 amide bonds. The van der Waals surface area contributed by atoms with Gasteiger partial charge in [0, 0.05) is 18.3 Å². The lowest BCUT2D eigenvalue weighted by Crippen LogP contribution is -2.60. The van der Waals surface area contributed by atoms with Gasteiger partial charge in [-0.15, -0.1) is 0 Å². The Labute approximate surface area is 180 Å². The minimum absolute atomic E-state index is 0.0248. The summed E-state index contributed by atoms with van der Waals surface area (Å²) in [6.07, 6.45) is 2.07. The fourth-order valence-corrected chi connectivity index (χ4v) is 2.71. The van der Waals surface area contributed by atoms with Crippen LogP contribution in [0.15, 0.2) is 12.5 Å². The number of hydrogen-bond donors (Lipinski definition) is 7. The number of aliphatic carboxylic acids is 1. The first-order valence-corrected chi connectivity index (χ1v) is 10.0. The Morgan fingerprint density at radius 2 is 1.65 bits per heavy atom. The predicted octanol–water partition coefficient (Wildman–Crippen LogP) is -1.73. The van der Waals surface area contributed by atoms with Gasteiger partial charge in [-0.1, -0.05) is 20.3 Å². The van der Waals surface area contributed by atoms with Crippen molar-refractivity contribution in [2.45, 2.75) is 70.8 Å². The van der Waals surface area contributed by atoms with Crippen molar-refractivity contribution >= 4 is 23.7 Å². The summed E-state index contributed by atoms with van der Waals surface area (Å²) >= 11 is 0. The molecule has 6 atom stereocenters. The molecule has 8 N–H and O–H groups in total. The third-order valence-corrected chi connectivity index (χ3v) is 4.86. The highest BCUT2D eigenvalue weighted by Gasteiger charge is 2.34. The number of carboxylic acid groups (broad SMARTS) is 1. The average molecular weight is 441 g/mol. The zero-order valence-corrected chi connectivity index (χ0v) is 18.1. The van der Waals surface area contributed by atoms with Crippen LogP contribution < -0.4 is 21.7 Å². The van der Waals surface area contributed by atoms with Gasteiger partial charge in [-0.05, 0) is 19.8 Å². The second-order valence-corrected chi connectivity index (χ2v) is 7.57. The van der Waals surface area contributed by atoms with E-state index < -0.39 is 54.0 Å². The van der Waals surface area contributed by atoms with Gasteiger partial charge in [-0.25, -0.2) is 9.78 Å². The summed E-state index contributed by atoms with van der Waals surface area (Å²) in [4.78, 5) is 55.6. The van der Waals surface area contributed by atoms with Gasteiger partial charge in [-0.2, -0.15) is 0 Å². The lowest BCUT2D eigenvalue weighted by Gasteiger charge is -2.28. The molecule has 12 nitrogen and oxygen atoms in total. The molecule has 0 aromatic carbocycles. The fourth-order valence-electron chi connectivity index (χ4n) is 2.71. The number of aromatic nitrogens is 2.